The lowest BCUT2D eigenvalue weighted by Gasteiger charge is -2.21. The van der Waals surface area contributed by atoms with Gasteiger partial charge in [-0.05, 0) is 63.6 Å². The number of hydrogen-bond donors (Lipinski definition) is 0. The van der Waals surface area contributed by atoms with Gasteiger partial charge >= 0.3 is 0 Å². The third-order valence-electron chi connectivity index (χ3n) is 6.13. The fraction of sp³-hybridized carbons (Fsp3) is 0.143. The van der Waals surface area contributed by atoms with E-state index in [4.69, 9.17) is 0 Å². The highest BCUT2D eigenvalue weighted by Crippen LogP contribution is 2.49. The van der Waals surface area contributed by atoms with Crippen LogP contribution in [0.5, 0.6) is 0 Å². The van der Waals surface area contributed by atoms with E-state index in [-0.39, 0.29) is 5.41 Å². The van der Waals surface area contributed by atoms with Crippen molar-refractivity contribution in [1.29, 1.82) is 0 Å². The van der Waals surface area contributed by atoms with Crippen molar-refractivity contribution in [1.82, 2.24) is 0 Å². The van der Waals surface area contributed by atoms with Gasteiger partial charge in [0.25, 0.3) is 0 Å². The van der Waals surface area contributed by atoms with Crippen LogP contribution in [0.2, 0.25) is 0 Å². The average Bonchev–Trinajstić information content (AvgIpc) is 2.95. The molecule has 0 radical (unpaired) electrons. The second-order valence-electron chi connectivity index (χ2n) is 8.38. The van der Waals surface area contributed by atoms with E-state index >= 15 is 0 Å². The Morgan fingerprint density at radius 3 is 1.86 bits per heavy atom. The van der Waals surface area contributed by atoms with Crippen molar-refractivity contribution in [3.63, 3.8) is 0 Å². The van der Waals surface area contributed by atoms with E-state index in [1.165, 1.54) is 50.1 Å². The van der Waals surface area contributed by atoms with Gasteiger partial charge in [0, 0.05) is 5.41 Å². The van der Waals surface area contributed by atoms with Crippen LogP contribution in [0, 0.1) is 6.92 Å². The van der Waals surface area contributed by atoms with Gasteiger partial charge in [-0.25, -0.2) is 0 Å². The minimum atomic E-state index is 0.0634. The van der Waals surface area contributed by atoms with Crippen molar-refractivity contribution >= 4 is 0 Å². The van der Waals surface area contributed by atoms with Gasteiger partial charge in [-0.1, -0.05) is 98.3 Å². The Hall–Kier alpha value is -3.12. The largest absolute Gasteiger partial charge is 0.0619 e. The molecule has 136 valence electrons. The first-order valence-electron chi connectivity index (χ1n) is 9.96. The van der Waals surface area contributed by atoms with Crippen LogP contribution in [-0.2, 0) is 5.41 Å². The van der Waals surface area contributed by atoms with Gasteiger partial charge in [-0.2, -0.15) is 0 Å². The van der Waals surface area contributed by atoms with Crippen LogP contribution in [0.3, 0.4) is 0 Å². The van der Waals surface area contributed by atoms with Gasteiger partial charge in [0.05, 0.1) is 0 Å². The fourth-order valence-corrected chi connectivity index (χ4v) is 4.60. The summed E-state index contributed by atoms with van der Waals surface area (Å²) in [5.41, 5.74) is 12.0. The summed E-state index contributed by atoms with van der Waals surface area (Å²) in [6, 6.07) is 33.4. The monoisotopic (exact) mass is 360 g/mol. The second-order valence-corrected chi connectivity index (χ2v) is 8.38. The van der Waals surface area contributed by atoms with E-state index in [9.17, 15) is 0 Å². The van der Waals surface area contributed by atoms with Crippen LogP contribution >= 0.6 is 0 Å². The van der Waals surface area contributed by atoms with Crippen LogP contribution in [0.25, 0.3) is 33.4 Å². The molecule has 0 heterocycles. The first kappa shape index (κ1) is 17.0. The van der Waals surface area contributed by atoms with Crippen LogP contribution in [0.1, 0.15) is 30.5 Å². The quantitative estimate of drug-likeness (QED) is 0.344. The summed E-state index contributed by atoms with van der Waals surface area (Å²) in [6.07, 6.45) is 0. The fourth-order valence-electron chi connectivity index (χ4n) is 4.60. The summed E-state index contributed by atoms with van der Waals surface area (Å²) in [6.45, 7) is 6.80. The Bertz CT molecular complexity index is 1190. The number of rotatable bonds is 2. The van der Waals surface area contributed by atoms with Crippen molar-refractivity contribution in [2.75, 3.05) is 0 Å². The maximum absolute atomic E-state index is 2.37. The summed E-state index contributed by atoms with van der Waals surface area (Å²) in [4.78, 5) is 0. The van der Waals surface area contributed by atoms with Crippen LogP contribution in [-0.4, -0.2) is 0 Å². The molecule has 0 fully saturated rings. The Balaban J connectivity index is 1.63. The molecule has 4 aromatic rings. The van der Waals surface area contributed by atoms with Gasteiger partial charge in [-0.15, -0.1) is 0 Å². The molecule has 5 rings (SSSR count). The van der Waals surface area contributed by atoms with E-state index in [1.54, 1.807) is 0 Å². The van der Waals surface area contributed by atoms with Gasteiger partial charge in [0.15, 0.2) is 0 Å². The smallest absolute Gasteiger partial charge is 0.0158 e. The lowest BCUT2D eigenvalue weighted by Crippen LogP contribution is -2.14. The van der Waals surface area contributed by atoms with Crippen molar-refractivity contribution in [3.05, 3.63) is 108 Å². The third kappa shape index (κ3) is 2.60. The SMILES string of the molecule is Cc1cccc(-c2cccc(-c3ccc4c(c3)-c3ccccc3C4(C)C)c2)c1. The zero-order valence-corrected chi connectivity index (χ0v) is 16.7. The predicted molar refractivity (Wildman–Crippen MR) is 120 cm³/mol. The van der Waals surface area contributed by atoms with Crippen molar-refractivity contribution in [2.24, 2.45) is 0 Å². The van der Waals surface area contributed by atoms with E-state index in [0.717, 1.165) is 0 Å². The molecule has 0 saturated carbocycles. The molecular weight excluding hydrogens is 336 g/mol. The highest BCUT2D eigenvalue weighted by Gasteiger charge is 2.34. The molecule has 0 aromatic heterocycles. The van der Waals surface area contributed by atoms with Crippen molar-refractivity contribution in [3.8, 4) is 33.4 Å². The average molecular weight is 361 g/mol. The number of hydrogen-bond acceptors (Lipinski definition) is 0. The predicted octanol–water partition coefficient (Wildman–Crippen LogP) is 7.64. The number of benzene rings is 4. The summed E-state index contributed by atoms with van der Waals surface area (Å²) >= 11 is 0. The summed E-state index contributed by atoms with van der Waals surface area (Å²) in [5.74, 6) is 0. The highest BCUT2D eigenvalue weighted by atomic mass is 14.4. The third-order valence-corrected chi connectivity index (χ3v) is 6.13. The van der Waals surface area contributed by atoms with Gasteiger partial charge < -0.3 is 0 Å². The molecule has 0 amide bonds. The lowest BCUT2D eigenvalue weighted by atomic mass is 9.82. The minimum absolute atomic E-state index is 0.0634. The van der Waals surface area contributed by atoms with Gasteiger partial charge in [-0.3, -0.25) is 0 Å². The van der Waals surface area contributed by atoms with Crippen molar-refractivity contribution in [2.45, 2.75) is 26.2 Å². The Labute approximate surface area is 167 Å². The molecule has 0 nitrogen and oxygen atoms in total. The van der Waals surface area contributed by atoms with E-state index < -0.39 is 0 Å². The number of fused-ring (bicyclic) bond motifs is 3. The summed E-state index contributed by atoms with van der Waals surface area (Å²) in [7, 11) is 0. The molecule has 28 heavy (non-hydrogen) atoms. The Morgan fingerprint density at radius 1 is 0.500 bits per heavy atom. The normalized spacial score (nSPS) is 13.8. The molecule has 0 unspecified atom stereocenters. The molecule has 0 bridgehead atoms. The topological polar surface area (TPSA) is 0 Å². The molecule has 0 N–H and O–H groups in total. The zero-order chi connectivity index (χ0) is 19.3. The second kappa shape index (κ2) is 6.21. The molecule has 0 saturated heterocycles. The first-order valence-corrected chi connectivity index (χ1v) is 9.96. The Kier molecular flexibility index (Phi) is 3.77. The van der Waals surface area contributed by atoms with Gasteiger partial charge in [0.2, 0.25) is 0 Å². The summed E-state index contributed by atoms with van der Waals surface area (Å²) < 4.78 is 0. The maximum Gasteiger partial charge on any atom is 0.0158 e. The molecule has 0 aliphatic heterocycles. The van der Waals surface area contributed by atoms with Crippen LogP contribution < -0.4 is 0 Å². The highest BCUT2D eigenvalue weighted by molar-refractivity contribution is 5.85. The van der Waals surface area contributed by atoms with E-state index in [1.807, 2.05) is 0 Å². The first-order chi connectivity index (χ1) is 13.5. The lowest BCUT2D eigenvalue weighted by molar-refractivity contribution is 0.660. The van der Waals surface area contributed by atoms with E-state index in [2.05, 4.69) is 112 Å². The minimum Gasteiger partial charge on any atom is -0.0619 e. The molecule has 0 atom stereocenters. The van der Waals surface area contributed by atoms with Gasteiger partial charge in [0.1, 0.15) is 0 Å². The standard InChI is InChI=1S/C28H24/c1-19-8-6-9-20(16-19)21-10-7-11-22(17-21)23-14-15-27-25(18-23)24-12-4-5-13-26(24)28(27,2)3/h4-18H,1-3H3. The Morgan fingerprint density at radius 2 is 1.11 bits per heavy atom. The maximum atomic E-state index is 2.37. The molecule has 4 aromatic carbocycles. The number of aryl methyl sites for hydroxylation is 1. The van der Waals surface area contributed by atoms with E-state index in [0.29, 0.717) is 0 Å². The molecule has 1 aliphatic rings. The molecule has 0 spiro atoms. The molecule has 1 aliphatic carbocycles. The summed E-state index contributed by atoms with van der Waals surface area (Å²) in [5, 5.41) is 0. The molecular formula is C28H24. The van der Waals surface area contributed by atoms with Crippen LogP contribution in [0.15, 0.2) is 91.0 Å². The zero-order valence-electron chi connectivity index (χ0n) is 16.7. The molecule has 0 heteroatoms. The van der Waals surface area contributed by atoms with Crippen LogP contribution in [0.4, 0.5) is 0 Å². The van der Waals surface area contributed by atoms with Crippen molar-refractivity contribution < 1.29 is 0 Å².